The summed E-state index contributed by atoms with van der Waals surface area (Å²) in [5, 5.41) is 2.47. The molecular formula is C17H23N3. The molecule has 3 nitrogen and oxygen atoms in total. The Morgan fingerprint density at radius 1 is 1.20 bits per heavy atom. The first kappa shape index (κ1) is 13.5. The van der Waals surface area contributed by atoms with Crippen molar-refractivity contribution in [3.8, 4) is 0 Å². The summed E-state index contributed by atoms with van der Waals surface area (Å²) in [5.41, 5.74) is 2.39. The van der Waals surface area contributed by atoms with Crippen LogP contribution in [0.15, 0.2) is 24.5 Å². The topological polar surface area (TPSA) is 29.0 Å². The van der Waals surface area contributed by atoms with Gasteiger partial charge in [-0.25, -0.2) is 0 Å². The fourth-order valence-electron chi connectivity index (χ4n) is 3.04. The molecule has 0 unspecified atom stereocenters. The first-order valence-corrected chi connectivity index (χ1v) is 7.70. The molecule has 3 heterocycles. The van der Waals surface area contributed by atoms with Gasteiger partial charge in [-0.2, -0.15) is 0 Å². The van der Waals surface area contributed by atoms with E-state index in [9.17, 15) is 0 Å². The lowest BCUT2D eigenvalue weighted by Gasteiger charge is -2.26. The molecule has 0 spiro atoms. The van der Waals surface area contributed by atoms with Gasteiger partial charge >= 0.3 is 0 Å². The van der Waals surface area contributed by atoms with Crippen LogP contribution in [0.4, 0.5) is 0 Å². The van der Waals surface area contributed by atoms with E-state index in [-0.39, 0.29) is 0 Å². The molecule has 3 heteroatoms. The van der Waals surface area contributed by atoms with Crippen LogP contribution in [-0.4, -0.2) is 28.0 Å². The van der Waals surface area contributed by atoms with Crippen LogP contribution in [0.2, 0.25) is 0 Å². The zero-order valence-electron chi connectivity index (χ0n) is 12.5. The van der Waals surface area contributed by atoms with Crippen LogP contribution in [-0.2, 0) is 6.54 Å². The van der Waals surface area contributed by atoms with Gasteiger partial charge in [-0.05, 0) is 49.4 Å². The molecule has 0 bridgehead atoms. The molecule has 106 valence electrons. The molecule has 0 aliphatic carbocycles. The van der Waals surface area contributed by atoms with Gasteiger partial charge in [0.25, 0.3) is 0 Å². The van der Waals surface area contributed by atoms with Gasteiger partial charge in [-0.15, -0.1) is 0 Å². The maximum atomic E-state index is 4.91. The normalized spacial score (nSPS) is 16.9. The quantitative estimate of drug-likeness (QED) is 0.850. The van der Waals surface area contributed by atoms with E-state index < -0.39 is 0 Å². The highest BCUT2D eigenvalue weighted by Crippen LogP contribution is 2.24. The Bertz CT molecular complexity index is 586. The first-order valence-electron chi connectivity index (χ1n) is 7.70. The van der Waals surface area contributed by atoms with Gasteiger partial charge in [0.05, 0.1) is 11.4 Å². The standard InChI is InChI=1S/C17H23N3/c1-13(2)17-16-11-18-7-6-14(16)10-15(19-17)12-20-8-4-3-5-9-20/h6-7,10-11,13H,3-5,8-9,12H2,1-2H3. The summed E-state index contributed by atoms with van der Waals surface area (Å²) in [6, 6.07) is 4.33. The van der Waals surface area contributed by atoms with Crippen LogP contribution >= 0.6 is 0 Å². The summed E-state index contributed by atoms with van der Waals surface area (Å²) in [6.07, 6.45) is 7.85. The molecule has 0 saturated carbocycles. The largest absolute Gasteiger partial charge is 0.298 e. The predicted octanol–water partition coefficient (Wildman–Crippen LogP) is 3.74. The van der Waals surface area contributed by atoms with E-state index in [4.69, 9.17) is 4.98 Å². The van der Waals surface area contributed by atoms with Gasteiger partial charge < -0.3 is 0 Å². The van der Waals surface area contributed by atoms with E-state index in [2.05, 4.69) is 35.9 Å². The van der Waals surface area contributed by atoms with Crippen molar-refractivity contribution in [1.82, 2.24) is 14.9 Å². The number of fused-ring (bicyclic) bond motifs is 1. The summed E-state index contributed by atoms with van der Waals surface area (Å²) in [5.74, 6) is 0.433. The minimum atomic E-state index is 0.433. The van der Waals surface area contributed by atoms with Gasteiger partial charge in [0.2, 0.25) is 0 Å². The van der Waals surface area contributed by atoms with Crippen LogP contribution in [0.25, 0.3) is 10.8 Å². The van der Waals surface area contributed by atoms with Crippen LogP contribution in [0, 0.1) is 0 Å². The van der Waals surface area contributed by atoms with Gasteiger partial charge in [0.15, 0.2) is 0 Å². The average molecular weight is 269 g/mol. The second kappa shape index (κ2) is 5.88. The van der Waals surface area contributed by atoms with Crippen molar-refractivity contribution in [2.45, 2.75) is 45.6 Å². The van der Waals surface area contributed by atoms with E-state index in [1.807, 2.05) is 12.4 Å². The number of pyridine rings is 2. The Morgan fingerprint density at radius 2 is 2.00 bits per heavy atom. The third-order valence-corrected chi connectivity index (χ3v) is 4.10. The predicted molar refractivity (Wildman–Crippen MR) is 82.8 cm³/mol. The number of piperidine rings is 1. The van der Waals surface area contributed by atoms with E-state index in [1.165, 1.54) is 54.5 Å². The summed E-state index contributed by atoms with van der Waals surface area (Å²) < 4.78 is 0. The zero-order chi connectivity index (χ0) is 13.9. The summed E-state index contributed by atoms with van der Waals surface area (Å²) in [4.78, 5) is 11.7. The minimum Gasteiger partial charge on any atom is -0.298 e. The fourth-order valence-corrected chi connectivity index (χ4v) is 3.04. The van der Waals surface area contributed by atoms with Crippen molar-refractivity contribution in [3.63, 3.8) is 0 Å². The lowest BCUT2D eigenvalue weighted by atomic mass is 10.0. The molecule has 2 aromatic rings. The third-order valence-electron chi connectivity index (χ3n) is 4.10. The monoisotopic (exact) mass is 269 g/mol. The van der Waals surface area contributed by atoms with Crippen molar-refractivity contribution < 1.29 is 0 Å². The molecule has 1 aliphatic heterocycles. The Morgan fingerprint density at radius 3 is 2.75 bits per heavy atom. The van der Waals surface area contributed by atoms with E-state index in [1.54, 1.807) is 0 Å². The molecular weight excluding hydrogens is 246 g/mol. The number of hydrogen-bond acceptors (Lipinski definition) is 3. The highest BCUT2D eigenvalue weighted by atomic mass is 15.1. The Kier molecular flexibility index (Phi) is 3.97. The highest BCUT2D eigenvalue weighted by molar-refractivity contribution is 5.84. The Balaban J connectivity index is 1.94. The minimum absolute atomic E-state index is 0.433. The summed E-state index contributed by atoms with van der Waals surface area (Å²) in [7, 11) is 0. The molecule has 1 fully saturated rings. The van der Waals surface area contributed by atoms with Crippen molar-refractivity contribution in [1.29, 1.82) is 0 Å². The molecule has 20 heavy (non-hydrogen) atoms. The van der Waals surface area contributed by atoms with Gasteiger partial charge in [-0.1, -0.05) is 20.3 Å². The van der Waals surface area contributed by atoms with E-state index in [0.29, 0.717) is 5.92 Å². The number of hydrogen-bond donors (Lipinski definition) is 0. The number of rotatable bonds is 3. The van der Waals surface area contributed by atoms with Crippen LogP contribution in [0.1, 0.15) is 50.4 Å². The molecule has 1 aliphatic rings. The molecule has 3 rings (SSSR count). The number of aromatic nitrogens is 2. The molecule has 0 aromatic carbocycles. The maximum absolute atomic E-state index is 4.91. The summed E-state index contributed by atoms with van der Waals surface area (Å²) in [6.45, 7) is 7.83. The second-order valence-corrected chi connectivity index (χ2v) is 6.09. The lowest BCUT2D eigenvalue weighted by molar-refractivity contribution is 0.218. The summed E-state index contributed by atoms with van der Waals surface area (Å²) >= 11 is 0. The molecule has 0 radical (unpaired) electrons. The smallest absolute Gasteiger partial charge is 0.0553 e. The lowest BCUT2D eigenvalue weighted by Crippen LogP contribution is -2.29. The number of likely N-dealkylation sites (tertiary alicyclic amines) is 1. The second-order valence-electron chi connectivity index (χ2n) is 6.09. The molecule has 2 aromatic heterocycles. The number of nitrogens with zero attached hydrogens (tertiary/aromatic N) is 3. The fraction of sp³-hybridized carbons (Fsp3) is 0.529. The van der Waals surface area contributed by atoms with Crippen molar-refractivity contribution in [2.24, 2.45) is 0 Å². The molecule has 0 atom stereocenters. The van der Waals surface area contributed by atoms with E-state index >= 15 is 0 Å². The molecule has 0 amide bonds. The zero-order valence-corrected chi connectivity index (χ0v) is 12.5. The van der Waals surface area contributed by atoms with Crippen LogP contribution in [0.5, 0.6) is 0 Å². The average Bonchev–Trinajstić information content (AvgIpc) is 2.47. The third kappa shape index (κ3) is 2.83. The van der Waals surface area contributed by atoms with Crippen molar-refractivity contribution in [3.05, 3.63) is 35.9 Å². The van der Waals surface area contributed by atoms with Gasteiger partial charge in [0.1, 0.15) is 0 Å². The first-order chi connectivity index (χ1) is 9.74. The van der Waals surface area contributed by atoms with Crippen molar-refractivity contribution in [2.75, 3.05) is 13.1 Å². The Hall–Kier alpha value is -1.48. The molecule has 1 saturated heterocycles. The maximum Gasteiger partial charge on any atom is 0.0553 e. The van der Waals surface area contributed by atoms with Crippen LogP contribution < -0.4 is 0 Å². The van der Waals surface area contributed by atoms with E-state index in [0.717, 1.165) is 6.54 Å². The van der Waals surface area contributed by atoms with Gasteiger partial charge in [0, 0.05) is 24.3 Å². The SMILES string of the molecule is CC(C)c1nc(CN2CCCCC2)cc2ccncc12. The van der Waals surface area contributed by atoms with Crippen LogP contribution in [0.3, 0.4) is 0 Å². The Labute approximate surface area is 121 Å². The molecule has 0 N–H and O–H groups in total. The highest BCUT2D eigenvalue weighted by Gasteiger charge is 2.14. The van der Waals surface area contributed by atoms with Gasteiger partial charge in [-0.3, -0.25) is 14.9 Å². The van der Waals surface area contributed by atoms with Crippen molar-refractivity contribution >= 4 is 10.8 Å².